The van der Waals surface area contributed by atoms with Crippen molar-refractivity contribution < 1.29 is 9.53 Å². The van der Waals surface area contributed by atoms with Gasteiger partial charge in [-0.1, -0.05) is 6.07 Å². The van der Waals surface area contributed by atoms with Gasteiger partial charge in [0.2, 0.25) is 0 Å². The smallest absolute Gasteiger partial charge is 0.317 e. The number of hydrogen-bond acceptors (Lipinski definition) is 5. The lowest BCUT2D eigenvalue weighted by molar-refractivity contribution is 0.00291. The number of hydrogen-bond donors (Lipinski definition) is 1. The molecule has 1 saturated heterocycles. The maximum absolute atomic E-state index is 12.5. The number of nitrogens with zero attached hydrogens (tertiary/aromatic N) is 5. The molecule has 0 unspecified atom stereocenters. The summed E-state index contributed by atoms with van der Waals surface area (Å²) in [6, 6.07) is 5.57. The molecule has 0 spiro atoms. The van der Waals surface area contributed by atoms with E-state index in [4.69, 9.17) is 4.74 Å². The van der Waals surface area contributed by atoms with Crippen molar-refractivity contribution in [3.05, 3.63) is 42.2 Å². The van der Waals surface area contributed by atoms with Crippen LogP contribution in [-0.2, 0) is 17.9 Å². The zero-order valence-electron chi connectivity index (χ0n) is 15.3. The first kappa shape index (κ1) is 18.3. The van der Waals surface area contributed by atoms with Crippen LogP contribution in [0.4, 0.5) is 4.79 Å². The molecule has 0 bridgehead atoms. The molecule has 1 fully saturated rings. The molecule has 0 radical (unpaired) electrons. The molecule has 140 valence electrons. The largest absolute Gasteiger partial charge is 0.372 e. The Bertz CT molecular complexity index is 697. The molecular weight excluding hydrogens is 332 g/mol. The lowest BCUT2D eigenvalue weighted by Crippen LogP contribution is -2.46. The third-order valence-electron chi connectivity index (χ3n) is 4.64. The molecule has 8 heteroatoms. The highest BCUT2D eigenvalue weighted by Crippen LogP contribution is 2.16. The van der Waals surface area contributed by atoms with E-state index in [0.717, 1.165) is 30.9 Å². The first-order valence-corrected chi connectivity index (χ1v) is 9.12. The number of amides is 2. The number of likely N-dealkylation sites (tertiary alicyclic amines) is 1. The van der Waals surface area contributed by atoms with Crippen LogP contribution < -0.4 is 5.32 Å². The average Bonchev–Trinajstić information content (AvgIpc) is 3.16. The summed E-state index contributed by atoms with van der Waals surface area (Å²) in [7, 11) is 0. The first-order chi connectivity index (χ1) is 12.7. The van der Waals surface area contributed by atoms with E-state index < -0.39 is 0 Å². The summed E-state index contributed by atoms with van der Waals surface area (Å²) in [6.45, 7) is 6.62. The maximum atomic E-state index is 12.5. The second-order valence-electron chi connectivity index (χ2n) is 6.46. The van der Waals surface area contributed by atoms with E-state index in [1.165, 1.54) is 0 Å². The molecule has 8 nitrogen and oxygen atoms in total. The van der Waals surface area contributed by atoms with Gasteiger partial charge >= 0.3 is 6.03 Å². The second-order valence-corrected chi connectivity index (χ2v) is 6.46. The fourth-order valence-electron chi connectivity index (χ4n) is 3.10. The molecule has 2 aromatic rings. The van der Waals surface area contributed by atoms with Gasteiger partial charge in [0.15, 0.2) is 5.82 Å². The normalized spacial score (nSPS) is 16.5. The number of urea groups is 1. The highest BCUT2D eigenvalue weighted by Gasteiger charge is 2.25. The molecule has 0 aliphatic carbocycles. The Morgan fingerprint density at radius 1 is 1.38 bits per heavy atom. The molecule has 0 aromatic carbocycles. The number of pyridine rings is 1. The zero-order valence-corrected chi connectivity index (χ0v) is 15.3. The van der Waals surface area contributed by atoms with Gasteiger partial charge in [-0.25, -0.2) is 4.79 Å². The Morgan fingerprint density at radius 2 is 2.19 bits per heavy atom. The monoisotopic (exact) mass is 358 g/mol. The summed E-state index contributed by atoms with van der Waals surface area (Å²) < 4.78 is 7.86. The highest BCUT2D eigenvalue weighted by molar-refractivity contribution is 5.74. The molecule has 0 saturated carbocycles. The number of aromatic nitrogens is 4. The predicted molar refractivity (Wildman–Crippen MR) is 96.3 cm³/mol. The number of carbonyl (C=O) groups excluding carboxylic acids is 1. The standard InChI is InChI=1S/C18H26N6O2/c1-3-23-13-20-22-17(23)14(2)21-18(25)24-10-7-16(8-11-24)26-12-15-6-4-5-9-19-15/h4-6,9,13-14,16H,3,7-8,10-12H2,1-2H3,(H,21,25)/t14-/m0/s1. The summed E-state index contributed by atoms with van der Waals surface area (Å²) >= 11 is 0. The quantitative estimate of drug-likeness (QED) is 0.855. The molecule has 2 amide bonds. The third-order valence-corrected chi connectivity index (χ3v) is 4.64. The van der Waals surface area contributed by atoms with Gasteiger partial charge < -0.3 is 19.5 Å². The number of nitrogens with one attached hydrogen (secondary N) is 1. The SMILES string of the molecule is CCn1cnnc1[C@H](C)NC(=O)N1CCC(OCc2ccccn2)CC1. The number of piperidine rings is 1. The van der Waals surface area contributed by atoms with Crippen molar-refractivity contribution in [2.45, 2.75) is 52.0 Å². The van der Waals surface area contributed by atoms with Crippen LogP contribution in [0.25, 0.3) is 0 Å². The molecular formula is C18H26N6O2. The summed E-state index contributed by atoms with van der Waals surface area (Å²) in [5, 5.41) is 11.0. The summed E-state index contributed by atoms with van der Waals surface area (Å²) in [5.74, 6) is 0.773. The zero-order chi connectivity index (χ0) is 18.4. The number of ether oxygens (including phenoxy) is 1. The van der Waals surface area contributed by atoms with E-state index >= 15 is 0 Å². The van der Waals surface area contributed by atoms with E-state index in [1.54, 1.807) is 12.5 Å². The summed E-state index contributed by atoms with van der Waals surface area (Å²) in [4.78, 5) is 18.6. The number of carbonyl (C=O) groups is 1. The average molecular weight is 358 g/mol. The van der Waals surface area contributed by atoms with Crippen LogP contribution in [0, 0.1) is 0 Å². The minimum Gasteiger partial charge on any atom is -0.372 e. The number of aryl methyl sites for hydroxylation is 1. The maximum Gasteiger partial charge on any atom is 0.317 e. The van der Waals surface area contributed by atoms with Crippen molar-refractivity contribution in [2.24, 2.45) is 0 Å². The Hall–Kier alpha value is -2.48. The van der Waals surface area contributed by atoms with Gasteiger partial charge in [0, 0.05) is 25.8 Å². The molecule has 1 N–H and O–H groups in total. The van der Waals surface area contributed by atoms with Crippen molar-refractivity contribution >= 4 is 6.03 Å². The van der Waals surface area contributed by atoms with Crippen molar-refractivity contribution in [2.75, 3.05) is 13.1 Å². The molecule has 26 heavy (non-hydrogen) atoms. The van der Waals surface area contributed by atoms with E-state index in [0.29, 0.717) is 19.7 Å². The van der Waals surface area contributed by atoms with Gasteiger partial charge in [-0.15, -0.1) is 10.2 Å². The fraction of sp³-hybridized carbons (Fsp3) is 0.556. The van der Waals surface area contributed by atoms with Gasteiger partial charge in [-0.2, -0.15) is 0 Å². The molecule has 1 aliphatic heterocycles. The van der Waals surface area contributed by atoms with Crippen LogP contribution in [0.5, 0.6) is 0 Å². The van der Waals surface area contributed by atoms with E-state index in [9.17, 15) is 4.79 Å². The third kappa shape index (κ3) is 4.57. The van der Waals surface area contributed by atoms with Gasteiger partial charge in [-0.3, -0.25) is 4.98 Å². The van der Waals surface area contributed by atoms with Crippen LogP contribution in [0.15, 0.2) is 30.7 Å². The van der Waals surface area contributed by atoms with Crippen molar-refractivity contribution in [3.8, 4) is 0 Å². The van der Waals surface area contributed by atoms with E-state index in [2.05, 4.69) is 20.5 Å². The van der Waals surface area contributed by atoms with Crippen molar-refractivity contribution in [1.29, 1.82) is 0 Å². The van der Waals surface area contributed by atoms with Crippen LogP contribution in [0.2, 0.25) is 0 Å². The Labute approximate surface area is 153 Å². The first-order valence-electron chi connectivity index (χ1n) is 9.12. The van der Waals surface area contributed by atoms with Crippen LogP contribution in [0.1, 0.15) is 44.2 Å². The van der Waals surface area contributed by atoms with Gasteiger partial charge in [0.05, 0.1) is 24.4 Å². The summed E-state index contributed by atoms with van der Waals surface area (Å²) in [5.41, 5.74) is 0.932. The second kappa shape index (κ2) is 8.75. The molecule has 3 heterocycles. The van der Waals surface area contributed by atoms with Gasteiger partial charge in [0.25, 0.3) is 0 Å². The Balaban J connectivity index is 1.43. The summed E-state index contributed by atoms with van der Waals surface area (Å²) in [6.07, 6.45) is 5.29. The lowest BCUT2D eigenvalue weighted by atomic mass is 10.1. The van der Waals surface area contributed by atoms with Gasteiger partial charge in [-0.05, 0) is 38.8 Å². The molecule has 1 atom stereocenters. The van der Waals surface area contributed by atoms with E-state index in [-0.39, 0.29) is 18.2 Å². The Morgan fingerprint density at radius 3 is 2.88 bits per heavy atom. The van der Waals surface area contributed by atoms with Crippen LogP contribution in [-0.4, -0.2) is 49.9 Å². The predicted octanol–water partition coefficient (Wildman–Crippen LogP) is 2.14. The topological polar surface area (TPSA) is 85.2 Å². The number of rotatable bonds is 6. The van der Waals surface area contributed by atoms with Crippen molar-refractivity contribution in [1.82, 2.24) is 30.0 Å². The van der Waals surface area contributed by atoms with Crippen molar-refractivity contribution in [3.63, 3.8) is 0 Å². The molecule has 2 aromatic heterocycles. The Kier molecular flexibility index (Phi) is 6.17. The lowest BCUT2D eigenvalue weighted by Gasteiger charge is -2.32. The fourth-order valence-corrected chi connectivity index (χ4v) is 3.10. The molecule has 1 aliphatic rings. The van der Waals surface area contributed by atoms with Crippen LogP contribution in [0.3, 0.4) is 0 Å². The van der Waals surface area contributed by atoms with Crippen LogP contribution >= 0.6 is 0 Å². The minimum atomic E-state index is -0.178. The molecule has 3 rings (SSSR count). The highest BCUT2D eigenvalue weighted by atomic mass is 16.5. The van der Waals surface area contributed by atoms with Gasteiger partial charge in [0.1, 0.15) is 6.33 Å². The minimum absolute atomic E-state index is 0.0636. The van der Waals surface area contributed by atoms with E-state index in [1.807, 2.05) is 41.5 Å².